The SMILES string of the molecule is CCOc1cc(/C=C2\SC(=Nc3ccccc3)N(CCOC)C2=O)cc(Br)c1OCC. The van der Waals surface area contributed by atoms with Gasteiger partial charge in [-0.3, -0.25) is 9.69 Å². The molecule has 0 aromatic heterocycles. The minimum absolute atomic E-state index is 0.0975. The highest BCUT2D eigenvalue weighted by Crippen LogP contribution is 2.39. The second-order valence-electron chi connectivity index (χ2n) is 6.49. The first kappa shape index (κ1) is 23.4. The van der Waals surface area contributed by atoms with Crippen LogP contribution in [0.5, 0.6) is 11.5 Å². The maximum Gasteiger partial charge on any atom is 0.266 e. The Morgan fingerprint density at radius 2 is 1.87 bits per heavy atom. The lowest BCUT2D eigenvalue weighted by molar-refractivity contribution is -0.122. The number of hydrogen-bond donors (Lipinski definition) is 0. The molecule has 6 nitrogen and oxygen atoms in total. The van der Waals surface area contributed by atoms with Crippen molar-refractivity contribution in [3.8, 4) is 11.5 Å². The normalized spacial score (nSPS) is 16.4. The highest BCUT2D eigenvalue weighted by molar-refractivity contribution is 9.10. The average molecular weight is 505 g/mol. The van der Waals surface area contributed by atoms with Crippen molar-refractivity contribution in [1.29, 1.82) is 0 Å². The summed E-state index contributed by atoms with van der Waals surface area (Å²) in [6, 6.07) is 13.4. The third kappa shape index (κ3) is 5.90. The Hall–Kier alpha value is -2.29. The van der Waals surface area contributed by atoms with Gasteiger partial charge in [0, 0.05) is 7.11 Å². The number of ether oxygens (including phenoxy) is 3. The van der Waals surface area contributed by atoms with Gasteiger partial charge in [0.15, 0.2) is 16.7 Å². The Bertz CT molecular complexity index is 979. The summed E-state index contributed by atoms with van der Waals surface area (Å²) in [7, 11) is 1.62. The second kappa shape index (κ2) is 11.4. The maximum absolute atomic E-state index is 13.1. The Morgan fingerprint density at radius 3 is 2.55 bits per heavy atom. The molecule has 0 spiro atoms. The van der Waals surface area contributed by atoms with Crippen LogP contribution in [0.25, 0.3) is 6.08 Å². The lowest BCUT2D eigenvalue weighted by Gasteiger charge is -2.14. The summed E-state index contributed by atoms with van der Waals surface area (Å²) in [4.78, 5) is 20.0. The number of amidine groups is 1. The van der Waals surface area contributed by atoms with Crippen LogP contribution < -0.4 is 9.47 Å². The van der Waals surface area contributed by atoms with Gasteiger partial charge >= 0.3 is 0 Å². The van der Waals surface area contributed by atoms with E-state index in [9.17, 15) is 4.79 Å². The van der Waals surface area contributed by atoms with Crippen molar-refractivity contribution >= 4 is 50.5 Å². The van der Waals surface area contributed by atoms with E-state index >= 15 is 0 Å². The van der Waals surface area contributed by atoms with Gasteiger partial charge in [0.05, 0.1) is 41.4 Å². The van der Waals surface area contributed by atoms with Gasteiger partial charge < -0.3 is 14.2 Å². The van der Waals surface area contributed by atoms with Crippen LogP contribution in [0.3, 0.4) is 0 Å². The zero-order valence-corrected chi connectivity index (χ0v) is 20.2. The fraction of sp³-hybridized carbons (Fsp3) is 0.304. The second-order valence-corrected chi connectivity index (χ2v) is 8.35. The number of methoxy groups -OCH3 is 1. The van der Waals surface area contributed by atoms with E-state index in [1.54, 1.807) is 12.0 Å². The van der Waals surface area contributed by atoms with Gasteiger partial charge in [0.2, 0.25) is 0 Å². The number of carbonyl (C=O) groups excluding carboxylic acids is 1. The zero-order valence-electron chi connectivity index (χ0n) is 17.8. The molecule has 1 fully saturated rings. The van der Waals surface area contributed by atoms with E-state index in [1.807, 2.05) is 62.4 Å². The monoisotopic (exact) mass is 504 g/mol. The third-order valence-corrected chi connectivity index (χ3v) is 5.90. The molecule has 1 amide bonds. The van der Waals surface area contributed by atoms with Crippen molar-refractivity contribution in [1.82, 2.24) is 4.90 Å². The summed E-state index contributed by atoms with van der Waals surface area (Å²) in [5.74, 6) is 1.19. The van der Waals surface area contributed by atoms with E-state index in [1.165, 1.54) is 11.8 Å². The van der Waals surface area contributed by atoms with Gasteiger partial charge in [0.25, 0.3) is 5.91 Å². The van der Waals surface area contributed by atoms with E-state index in [4.69, 9.17) is 14.2 Å². The predicted molar refractivity (Wildman–Crippen MR) is 129 cm³/mol. The van der Waals surface area contributed by atoms with Gasteiger partial charge in [-0.25, -0.2) is 4.99 Å². The van der Waals surface area contributed by atoms with Gasteiger partial charge in [0.1, 0.15) is 0 Å². The fourth-order valence-electron chi connectivity index (χ4n) is 2.95. The van der Waals surface area contributed by atoms with Gasteiger partial charge in [-0.05, 0) is 77.4 Å². The molecule has 1 aliphatic rings. The van der Waals surface area contributed by atoms with Crippen molar-refractivity contribution in [2.45, 2.75) is 13.8 Å². The van der Waals surface area contributed by atoms with Crippen molar-refractivity contribution < 1.29 is 19.0 Å². The van der Waals surface area contributed by atoms with Crippen LogP contribution in [-0.2, 0) is 9.53 Å². The molecule has 0 unspecified atom stereocenters. The van der Waals surface area contributed by atoms with Crippen LogP contribution in [0.2, 0.25) is 0 Å². The van der Waals surface area contributed by atoms with Crippen LogP contribution in [-0.4, -0.2) is 49.4 Å². The Kier molecular flexibility index (Phi) is 8.57. The molecular weight excluding hydrogens is 480 g/mol. The van der Waals surface area contributed by atoms with E-state index in [-0.39, 0.29) is 5.91 Å². The van der Waals surface area contributed by atoms with E-state index in [0.29, 0.717) is 47.9 Å². The lowest BCUT2D eigenvalue weighted by Crippen LogP contribution is -2.32. The number of amides is 1. The molecule has 2 aromatic rings. The van der Waals surface area contributed by atoms with Crippen LogP contribution in [0.4, 0.5) is 5.69 Å². The Labute approximate surface area is 195 Å². The van der Waals surface area contributed by atoms with Crippen molar-refractivity contribution in [3.63, 3.8) is 0 Å². The fourth-order valence-corrected chi connectivity index (χ4v) is 4.55. The Balaban J connectivity index is 1.96. The van der Waals surface area contributed by atoms with Crippen LogP contribution in [0.15, 0.2) is 56.8 Å². The maximum atomic E-state index is 13.1. The molecule has 0 N–H and O–H groups in total. The topological polar surface area (TPSA) is 60.4 Å². The number of thioether (sulfide) groups is 1. The van der Waals surface area contributed by atoms with Crippen molar-refractivity contribution in [2.24, 2.45) is 4.99 Å². The number of aliphatic imine (C=N–C) groups is 1. The molecule has 0 aliphatic carbocycles. The third-order valence-electron chi connectivity index (χ3n) is 4.31. The van der Waals surface area contributed by atoms with Crippen molar-refractivity contribution in [2.75, 3.05) is 33.5 Å². The molecule has 0 bridgehead atoms. The number of nitrogens with zero attached hydrogens (tertiary/aromatic N) is 2. The quantitative estimate of drug-likeness (QED) is 0.422. The molecule has 8 heteroatoms. The summed E-state index contributed by atoms with van der Waals surface area (Å²) in [6.07, 6.45) is 1.85. The molecule has 0 radical (unpaired) electrons. The highest BCUT2D eigenvalue weighted by Gasteiger charge is 2.33. The number of halogens is 1. The van der Waals surface area contributed by atoms with Crippen LogP contribution in [0, 0.1) is 0 Å². The first-order chi connectivity index (χ1) is 15.1. The Morgan fingerprint density at radius 1 is 1.13 bits per heavy atom. The number of rotatable bonds is 9. The molecule has 31 heavy (non-hydrogen) atoms. The summed E-state index contributed by atoms with van der Waals surface area (Å²) < 4.78 is 17.4. The summed E-state index contributed by atoms with van der Waals surface area (Å²) in [6.45, 7) is 5.75. The van der Waals surface area contributed by atoms with Gasteiger partial charge in [-0.1, -0.05) is 18.2 Å². The molecule has 3 rings (SSSR count). The number of benzene rings is 2. The highest BCUT2D eigenvalue weighted by atomic mass is 79.9. The molecule has 0 atom stereocenters. The van der Waals surface area contributed by atoms with Crippen molar-refractivity contribution in [3.05, 3.63) is 57.4 Å². The smallest absolute Gasteiger partial charge is 0.266 e. The van der Waals surface area contributed by atoms with Crippen LogP contribution >= 0.6 is 27.7 Å². The number of hydrogen-bond acceptors (Lipinski definition) is 6. The molecule has 164 valence electrons. The predicted octanol–water partition coefficient (Wildman–Crippen LogP) is 5.50. The molecule has 0 saturated carbocycles. The van der Waals surface area contributed by atoms with Crippen LogP contribution in [0.1, 0.15) is 19.4 Å². The first-order valence-electron chi connectivity index (χ1n) is 10.0. The largest absolute Gasteiger partial charge is 0.490 e. The lowest BCUT2D eigenvalue weighted by atomic mass is 10.2. The molecule has 1 heterocycles. The minimum Gasteiger partial charge on any atom is -0.490 e. The van der Waals surface area contributed by atoms with E-state index < -0.39 is 0 Å². The molecule has 1 saturated heterocycles. The van der Waals surface area contributed by atoms with E-state index in [2.05, 4.69) is 20.9 Å². The number of para-hydroxylation sites is 1. The first-order valence-corrected chi connectivity index (χ1v) is 11.6. The summed E-state index contributed by atoms with van der Waals surface area (Å²) in [5.41, 5.74) is 1.63. The van der Waals surface area contributed by atoms with Gasteiger partial charge in [-0.2, -0.15) is 0 Å². The summed E-state index contributed by atoms with van der Waals surface area (Å²) >= 11 is 4.91. The average Bonchev–Trinajstić information content (AvgIpc) is 3.04. The molecule has 1 aliphatic heterocycles. The zero-order chi connectivity index (χ0) is 22.2. The molecule has 2 aromatic carbocycles. The van der Waals surface area contributed by atoms with E-state index in [0.717, 1.165) is 15.7 Å². The minimum atomic E-state index is -0.0975. The number of carbonyl (C=O) groups is 1. The standard InChI is InChI=1S/C23H25BrN2O4S/c1-4-29-19-14-16(13-18(24)21(19)30-5-2)15-20-22(27)26(11-12-28-3)23(31-20)25-17-9-7-6-8-10-17/h6-10,13-15H,4-5,11-12H2,1-3H3/b20-15-,25-23?. The molecular formula is C23H25BrN2O4S. The summed E-state index contributed by atoms with van der Waals surface area (Å²) in [5, 5.41) is 0.634. The van der Waals surface area contributed by atoms with Gasteiger partial charge in [-0.15, -0.1) is 0 Å².